The average molecular weight is 437 g/mol. The highest BCUT2D eigenvalue weighted by atomic mass is 16.5. The second kappa shape index (κ2) is 13.9. The fourth-order valence-electron chi connectivity index (χ4n) is 4.00. The largest absolute Gasteiger partial charge is 0.493 e. The van der Waals surface area contributed by atoms with Crippen LogP contribution in [-0.4, -0.2) is 117 Å². The molecule has 0 spiro atoms. The molecule has 1 heterocycles. The van der Waals surface area contributed by atoms with E-state index in [1.807, 2.05) is 12.1 Å². The first-order valence-corrected chi connectivity index (χ1v) is 11.8. The van der Waals surface area contributed by atoms with Gasteiger partial charge in [0.05, 0.1) is 7.11 Å². The Morgan fingerprint density at radius 2 is 1.68 bits per heavy atom. The third-order valence-corrected chi connectivity index (χ3v) is 6.19. The van der Waals surface area contributed by atoms with Crippen molar-refractivity contribution in [1.29, 1.82) is 0 Å². The van der Waals surface area contributed by atoms with Crippen LogP contribution in [0.5, 0.6) is 11.5 Å². The molecular weight excluding hydrogens is 392 g/mol. The molecule has 0 amide bonds. The second-order valence-corrected chi connectivity index (χ2v) is 8.45. The molecule has 7 nitrogen and oxygen atoms in total. The van der Waals surface area contributed by atoms with Crippen LogP contribution >= 0.6 is 0 Å². The molecule has 0 aromatic heterocycles. The van der Waals surface area contributed by atoms with Crippen molar-refractivity contribution in [3.63, 3.8) is 0 Å². The van der Waals surface area contributed by atoms with Crippen LogP contribution in [0.1, 0.15) is 26.3 Å². The van der Waals surface area contributed by atoms with E-state index >= 15 is 0 Å². The van der Waals surface area contributed by atoms with Gasteiger partial charge in [-0.1, -0.05) is 26.8 Å². The fraction of sp³-hybridized carbons (Fsp3) is 0.750. The van der Waals surface area contributed by atoms with Crippen molar-refractivity contribution in [3.8, 4) is 11.5 Å². The van der Waals surface area contributed by atoms with Gasteiger partial charge in [0, 0.05) is 52.4 Å². The molecule has 1 fully saturated rings. The van der Waals surface area contributed by atoms with Crippen LogP contribution in [0.3, 0.4) is 0 Å². The summed E-state index contributed by atoms with van der Waals surface area (Å²) in [6.45, 7) is 17.9. The summed E-state index contributed by atoms with van der Waals surface area (Å²) in [6, 6.07) is 6.08. The maximum atomic E-state index is 10.4. The quantitative estimate of drug-likeness (QED) is 0.478. The number of piperazine rings is 1. The van der Waals surface area contributed by atoms with E-state index in [-0.39, 0.29) is 6.61 Å². The van der Waals surface area contributed by atoms with Crippen molar-refractivity contribution in [1.82, 2.24) is 19.6 Å². The van der Waals surface area contributed by atoms with Crippen molar-refractivity contribution >= 4 is 0 Å². The van der Waals surface area contributed by atoms with Gasteiger partial charge < -0.3 is 29.3 Å². The van der Waals surface area contributed by atoms with Crippen molar-refractivity contribution in [3.05, 3.63) is 23.8 Å². The van der Waals surface area contributed by atoms with Crippen LogP contribution in [0, 0.1) is 0 Å². The number of benzene rings is 1. The first kappa shape index (κ1) is 25.9. The third kappa shape index (κ3) is 8.94. The number of likely N-dealkylation sites (N-methyl/N-ethyl adjacent to an activating group) is 3. The maximum Gasteiger partial charge on any atom is 0.161 e. The molecule has 1 aliphatic rings. The Morgan fingerprint density at radius 1 is 1.00 bits per heavy atom. The molecule has 1 aromatic rings. The van der Waals surface area contributed by atoms with Gasteiger partial charge in [-0.05, 0) is 44.4 Å². The van der Waals surface area contributed by atoms with Gasteiger partial charge in [-0.3, -0.25) is 4.90 Å². The molecule has 31 heavy (non-hydrogen) atoms. The summed E-state index contributed by atoms with van der Waals surface area (Å²) in [6.07, 6.45) is -0.510. The summed E-state index contributed by atoms with van der Waals surface area (Å²) < 4.78 is 11.5. The van der Waals surface area contributed by atoms with Crippen molar-refractivity contribution in [2.45, 2.75) is 33.4 Å². The number of hydrogen-bond donors (Lipinski definition) is 1. The van der Waals surface area contributed by atoms with E-state index in [9.17, 15) is 5.11 Å². The van der Waals surface area contributed by atoms with E-state index < -0.39 is 6.10 Å². The molecule has 1 saturated heterocycles. The number of aliphatic hydroxyl groups is 1. The Morgan fingerprint density at radius 3 is 2.29 bits per heavy atom. The van der Waals surface area contributed by atoms with Crippen LogP contribution in [0.15, 0.2) is 18.2 Å². The van der Waals surface area contributed by atoms with Crippen molar-refractivity contribution in [2.75, 3.05) is 86.2 Å². The van der Waals surface area contributed by atoms with E-state index in [1.165, 1.54) is 5.56 Å². The van der Waals surface area contributed by atoms with Crippen LogP contribution in [0.2, 0.25) is 0 Å². The van der Waals surface area contributed by atoms with Gasteiger partial charge in [0.2, 0.25) is 0 Å². The van der Waals surface area contributed by atoms with Crippen molar-refractivity contribution in [2.24, 2.45) is 0 Å². The number of aliphatic hydroxyl groups excluding tert-OH is 1. The lowest BCUT2D eigenvalue weighted by molar-refractivity contribution is 0.0464. The minimum Gasteiger partial charge on any atom is -0.493 e. The number of nitrogens with zero attached hydrogens (tertiary/aromatic N) is 4. The van der Waals surface area contributed by atoms with Crippen molar-refractivity contribution < 1.29 is 14.6 Å². The zero-order valence-electron chi connectivity index (χ0n) is 20.3. The SMILES string of the molecule is CCN(CC)CCN(C)Cc1ccc(OCC(O)CN2CCN(CC)CC2)c(OC)c1. The van der Waals surface area contributed by atoms with E-state index in [0.717, 1.165) is 71.2 Å². The van der Waals surface area contributed by atoms with Crippen LogP contribution in [0.4, 0.5) is 0 Å². The molecule has 0 saturated carbocycles. The maximum absolute atomic E-state index is 10.4. The smallest absolute Gasteiger partial charge is 0.161 e. The lowest BCUT2D eigenvalue weighted by Gasteiger charge is -2.34. The molecule has 0 bridgehead atoms. The minimum absolute atomic E-state index is 0.271. The summed E-state index contributed by atoms with van der Waals surface area (Å²) in [5, 5.41) is 10.4. The van der Waals surface area contributed by atoms with Crippen LogP contribution in [-0.2, 0) is 6.54 Å². The zero-order chi connectivity index (χ0) is 22.6. The highest BCUT2D eigenvalue weighted by Crippen LogP contribution is 2.28. The second-order valence-electron chi connectivity index (χ2n) is 8.45. The van der Waals surface area contributed by atoms with Gasteiger partial charge in [0.1, 0.15) is 12.7 Å². The van der Waals surface area contributed by atoms with Gasteiger partial charge in [-0.15, -0.1) is 0 Å². The Bertz CT molecular complexity index is 619. The summed E-state index contributed by atoms with van der Waals surface area (Å²) in [5.74, 6) is 1.41. The fourth-order valence-corrected chi connectivity index (χ4v) is 4.00. The van der Waals surface area contributed by atoms with E-state index in [4.69, 9.17) is 9.47 Å². The van der Waals surface area contributed by atoms with Gasteiger partial charge in [0.25, 0.3) is 0 Å². The molecule has 2 rings (SSSR count). The van der Waals surface area contributed by atoms with Gasteiger partial charge >= 0.3 is 0 Å². The number of β-amino-alcohol motifs (C(OH)–C–C–N with tert-alkyl or cyclic N) is 1. The lowest BCUT2D eigenvalue weighted by atomic mass is 10.2. The summed E-state index contributed by atoms with van der Waals surface area (Å²) >= 11 is 0. The average Bonchev–Trinajstić information content (AvgIpc) is 2.79. The Labute approximate surface area is 189 Å². The first-order chi connectivity index (χ1) is 15.0. The van der Waals surface area contributed by atoms with Gasteiger partial charge in [0.15, 0.2) is 11.5 Å². The van der Waals surface area contributed by atoms with E-state index in [1.54, 1.807) is 7.11 Å². The predicted octanol–water partition coefficient (Wildman–Crippen LogP) is 1.85. The van der Waals surface area contributed by atoms with Crippen LogP contribution in [0.25, 0.3) is 0 Å². The Kier molecular flexibility index (Phi) is 11.6. The topological polar surface area (TPSA) is 51.7 Å². The molecule has 1 unspecified atom stereocenters. The Hall–Kier alpha value is -1.38. The highest BCUT2D eigenvalue weighted by Gasteiger charge is 2.19. The molecule has 0 aliphatic carbocycles. The first-order valence-electron chi connectivity index (χ1n) is 11.8. The van der Waals surface area contributed by atoms with Crippen LogP contribution < -0.4 is 9.47 Å². The van der Waals surface area contributed by atoms with E-state index in [2.05, 4.69) is 53.5 Å². The molecule has 1 aromatic carbocycles. The monoisotopic (exact) mass is 436 g/mol. The molecular formula is C24H44N4O3. The standard InChI is InChI=1S/C24H44N4O3/c1-6-26(7-2)12-11-25(4)18-21-9-10-23(24(17-21)30-5)31-20-22(29)19-28-15-13-27(8-3)14-16-28/h9-10,17,22,29H,6-8,11-16,18-20H2,1-5H3. The number of hydrogen-bond acceptors (Lipinski definition) is 7. The zero-order valence-corrected chi connectivity index (χ0v) is 20.3. The molecule has 0 radical (unpaired) electrons. The lowest BCUT2D eigenvalue weighted by Crippen LogP contribution is -2.49. The molecule has 7 heteroatoms. The molecule has 1 N–H and O–H groups in total. The predicted molar refractivity (Wildman–Crippen MR) is 127 cm³/mol. The van der Waals surface area contributed by atoms with E-state index in [0.29, 0.717) is 12.3 Å². The molecule has 1 atom stereocenters. The minimum atomic E-state index is -0.510. The molecule has 178 valence electrons. The third-order valence-electron chi connectivity index (χ3n) is 6.19. The van der Waals surface area contributed by atoms with Gasteiger partial charge in [-0.2, -0.15) is 0 Å². The Balaban J connectivity index is 1.80. The number of rotatable bonds is 14. The summed E-state index contributed by atoms with van der Waals surface area (Å²) in [5.41, 5.74) is 1.19. The summed E-state index contributed by atoms with van der Waals surface area (Å²) in [7, 11) is 3.82. The van der Waals surface area contributed by atoms with Gasteiger partial charge in [-0.25, -0.2) is 0 Å². The summed E-state index contributed by atoms with van der Waals surface area (Å²) in [4.78, 5) is 9.51. The highest BCUT2D eigenvalue weighted by molar-refractivity contribution is 5.43. The molecule has 1 aliphatic heterocycles. The number of methoxy groups -OCH3 is 1. The normalized spacial score (nSPS) is 16.8. The number of ether oxygens (including phenoxy) is 2.